The van der Waals surface area contributed by atoms with Gasteiger partial charge in [0.05, 0.1) is 23.1 Å². The summed E-state index contributed by atoms with van der Waals surface area (Å²) in [6.45, 7) is 2.58. The lowest BCUT2D eigenvalue weighted by Gasteiger charge is -2.21. The van der Waals surface area contributed by atoms with Crippen LogP contribution in [0.25, 0.3) is 22.2 Å². The van der Waals surface area contributed by atoms with Crippen LogP contribution in [-0.2, 0) is 12.6 Å². The molecule has 0 aliphatic carbocycles. The van der Waals surface area contributed by atoms with Crippen molar-refractivity contribution >= 4 is 17.2 Å². The maximum absolute atomic E-state index is 13.3. The molecule has 4 rings (SSSR count). The lowest BCUT2D eigenvalue weighted by Crippen LogP contribution is -2.29. The summed E-state index contributed by atoms with van der Waals surface area (Å²) >= 11 is 0. The fraction of sp³-hybridized carbons (Fsp3) is 0.300. The van der Waals surface area contributed by atoms with Gasteiger partial charge >= 0.3 is 6.18 Å². The van der Waals surface area contributed by atoms with Crippen LogP contribution in [0.15, 0.2) is 47.7 Å². The molecule has 144 valence electrons. The molecule has 5 nitrogen and oxygen atoms in total. The van der Waals surface area contributed by atoms with Gasteiger partial charge in [-0.05, 0) is 24.6 Å². The Kier molecular flexibility index (Phi) is 4.93. The van der Waals surface area contributed by atoms with Crippen molar-refractivity contribution in [3.05, 3.63) is 54.1 Å². The molecule has 0 atom stereocenters. The number of benzene rings is 1. The zero-order chi connectivity index (χ0) is 19.6. The Morgan fingerprint density at radius 2 is 2.00 bits per heavy atom. The number of pyridine rings is 1. The van der Waals surface area contributed by atoms with Crippen molar-refractivity contribution in [3.8, 4) is 11.3 Å². The molecule has 0 saturated heterocycles. The molecule has 0 radical (unpaired) electrons. The predicted octanol–water partition coefficient (Wildman–Crippen LogP) is 3.99. The van der Waals surface area contributed by atoms with E-state index in [0.717, 1.165) is 37.5 Å². The number of hydrogen-bond acceptors (Lipinski definition) is 5. The van der Waals surface area contributed by atoms with Crippen LogP contribution in [0.2, 0.25) is 0 Å². The summed E-state index contributed by atoms with van der Waals surface area (Å²) in [6, 6.07) is 7.31. The van der Waals surface area contributed by atoms with Crippen molar-refractivity contribution in [2.75, 3.05) is 19.6 Å². The number of nitrogens with zero attached hydrogens (tertiary/aromatic N) is 5. The highest BCUT2D eigenvalue weighted by molar-refractivity contribution is 5.83. The highest BCUT2D eigenvalue weighted by atomic mass is 19.4. The molecular weight excluding hydrogens is 367 g/mol. The molecule has 8 heteroatoms. The lowest BCUT2D eigenvalue weighted by molar-refractivity contribution is -0.137. The first kappa shape index (κ1) is 18.3. The molecule has 0 N–H and O–H groups in total. The summed E-state index contributed by atoms with van der Waals surface area (Å²) in [7, 11) is 0. The molecule has 3 aromatic rings. The van der Waals surface area contributed by atoms with Gasteiger partial charge in [0.15, 0.2) is 0 Å². The van der Waals surface area contributed by atoms with Gasteiger partial charge in [0.2, 0.25) is 0 Å². The van der Waals surface area contributed by atoms with Crippen molar-refractivity contribution in [3.63, 3.8) is 0 Å². The molecule has 1 aliphatic heterocycles. The van der Waals surface area contributed by atoms with Crippen LogP contribution in [0.5, 0.6) is 0 Å². The third kappa shape index (κ3) is 3.95. The normalized spacial score (nSPS) is 14.6. The second-order valence-corrected chi connectivity index (χ2v) is 6.62. The van der Waals surface area contributed by atoms with Crippen LogP contribution in [-0.4, -0.2) is 45.8 Å². The number of aromatic nitrogens is 3. The molecule has 0 amide bonds. The van der Waals surface area contributed by atoms with Crippen LogP contribution in [0.4, 0.5) is 13.2 Å². The minimum Gasteiger partial charge on any atom is -0.362 e. The average molecular weight is 385 g/mol. The Morgan fingerprint density at radius 3 is 2.79 bits per heavy atom. The number of rotatable bonds is 4. The highest BCUT2D eigenvalue weighted by Gasteiger charge is 2.34. The zero-order valence-corrected chi connectivity index (χ0v) is 15.0. The number of alkyl halides is 3. The van der Waals surface area contributed by atoms with Crippen molar-refractivity contribution in [1.29, 1.82) is 0 Å². The Hall–Kier alpha value is -3.03. The summed E-state index contributed by atoms with van der Waals surface area (Å²) in [5.41, 5.74) is 0.136. The second-order valence-electron chi connectivity index (χ2n) is 6.62. The summed E-state index contributed by atoms with van der Waals surface area (Å²) < 4.78 is 39.9. The largest absolute Gasteiger partial charge is 0.418 e. The minimum atomic E-state index is -4.47. The van der Waals surface area contributed by atoms with Crippen LogP contribution >= 0.6 is 0 Å². The van der Waals surface area contributed by atoms with E-state index in [0.29, 0.717) is 23.3 Å². The van der Waals surface area contributed by atoms with E-state index in [-0.39, 0.29) is 5.69 Å². The first-order valence-corrected chi connectivity index (χ1v) is 9.03. The standard InChI is InChI=1S/C20H18F3N5/c21-20(22,23)16-3-1-8-25-19(16)14-4-5-15-12-26-18(27-17(15)11-14)6-10-28-9-2-7-24-13-28/h1,3-5,8,11-13H,2,6-7,9-10H2. The first-order valence-electron chi connectivity index (χ1n) is 9.03. The van der Waals surface area contributed by atoms with Gasteiger partial charge in [-0.1, -0.05) is 12.1 Å². The van der Waals surface area contributed by atoms with Gasteiger partial charge < -0.3 is 4.90 Å². The Labute approximate surface area is 160 Å². The van der Waals surface area contributed by atoms with Crippen molar-refractivity contribution in [1.82, 2.24) is 19.9 Å². The smallest absolute Gasteiger partial charge is 0.362 e. The van der Waals surface area contributed by atoms with E-state index in [9.17, 15) is 13.2 Å². The topological polar surface area (TPSA) is 54.3 Å². The van der Waals surface area contributed by atoms with Gasteiger partial charge in [0, 0.05) is 49.4 Å². The van der Waals surface area contributed by atoms with Crippen molar-refractivity contribution in [2.45, 2.75) is 19.0 Å². The molecule has 0 bridgehead atoms. The Morgan fingerprint density at radius 1 is 1.11 bits per heavy atom. The minimum absolute atomic E-state index is 0.0957. The van der Waals surface area contributed by atoms with E-state index in [2.05, 4.69) is 24.8 Å². The van der Waals surface area contributed by atoms with Crippen LogP contribution in [0.1, 0.15) is 17.8 Å². The molecule has 0 spiro atoms. The SMILES string of the molecule is FC(F)(F)c1cccnc1-c1ccc2cnc(CCN3C=NCCC3)nc2c1. The number of hydrogen-bond donors (Lipinski definition) is 0. The first-order chi connectivity index (χ1) is 13.5. The van der Waals surface area contributed by atoms with Gasteiger partial charge in [0.25, 0.3) is 0 Å². The summed E-state index contributed by atoms with van der Waals surface area (Å²) in [5, 5.41) is 0.775. The summed E-state index contributed by atoms with van der Waals surface area (Å²) in [5.74, 6) is 0.653. The maximum atomic E-state index is 13.3. The van der Waals surface area contributed by atoms with E-state index in [4.69, 9.17) is 0 Å². The van der Waals surface area contributed by atoms with E-state index < -0.39 is 11.7 Å². The monoisotopic (exact) mass is 385 g/mol. The third-order valence-corrected chi connectivity index (χ3v) is 4.62. The van der Waals surface area contributed by atoms with E-state index >= 15 is 0 Å². The fourth-order valence-electron chi connectivity index (χ4n) is 3.20. The second kappa shape index (κ2) is 7.53. The van der Waals surface area contributed by atoms with Gasteiger partial charge in [-0.3, -0.25) is 9.98 Å². The van der Waals surface area contributed by atoms with E-state index in [1.165, 1.54) is 12.3 Å². The number of halogens is 3. The zero-order valence-electron chi connectivity index (χ0n) is 15.0. The van der Waals surface area contributed by atoms with E-state index in [1.807, 2.05) is 6.34 Å². The van der Waals surface area contributed by atoms with Crippen LogP contribution < -0.4 is 0 Å². The lowest BCUT2D eigenvalue weighted by atomic mass is 10.0. The highest BCUT2D eigenvalue weighted by Crippen LogP contribution is 2.36. The van der Waals surface area contributed by atoms with Gasteiger partial charge in [-0.25, -0.2) is 9.97 Å². The maximum Gasteiger partial charge on any atom is 0.418 e. The molecular formula is C20H18F3N5. The van der Waals surface area contributed by atoms with Gasteiger partial charge in [-0.2, -0.15) is 13.2 Å². The molecule has 0 saturated carbocycles. The van der Waals surface area contributed by atoms with E-state index in [1.54, 1.807) is 24.4 Å². The van der Waals surface area contributed by atoms with Gasteiger partial charge in [-0.15, -0.1) is 0 Å². The summed E-state index contributed by atoms with van der Waals surface area (Å²) in [4.78, 5) is 19.3. The quantitative estimate of drug-likeness (QED) is 0.682. The van der Waals surface area contributed by atoms with Crippen molar-refractivity contribution < 1.29 is 13.2 Å². The van der Waals surface area contributed by atoms with Crippen molar-refractivity contribution in [2.24, 2.45) is 4.99 Å². The number of aliphatic imine (C=N–C) groups is 1. The third-order valence-electron chi connectivity index (χ3n) is 4.62. The molecule has 1 aromatic carbocycles. The van der Waals surface area contributed by atoms with Crippen LogP contribution in [0, 0.1) is 0 Å². The molecule has 0 fully saturated rings. The molecule has 2 aromatic heterocycles. The predicted molar refractivity (Wildman–Crippen MR) is 101 cm³/mol. The Balaban J connectivity index is 1.63. The fourth-order valence-corrected chi connectivity index (χ4v) is 3.20. The Bertz CT molecular complexity index is 1020. The molecule has 3 heterocycles. The van der Waals surface area contributed by atoms with Gasteiger partial charge in [0.1, 0.15) is 5.82 Å². The molecule has 0 unspecified atom stereocenters. The molecule has 1 aliphatic rings. The summed E-state index contributed by atoms with van der Waals surface area (Å²) in [6.07, 6.45) is 2.12. The van der Waals surface area contributed by atoms with Crippen LogP contribution in [0.3, 0.4) is 0 Å². The molecule has 28 heavy (non-hydrogen) atoms. The average Bonchev–Trinajstić information content (AvgIpc) is 2.72. The number of fused-ring (bicyclic) bond motifs is 1.